The van der Waals surface area contributed by atoms with Gasteiger partial charge in [0, 0.05) is 18.8 Å². The number of sulfone groups is 1. The molecule has 2 N–H and O–H groups in total. The molecule has 4 aromatic rings. The molecule has 1 aliphatic heterocycles. The fourth-order valence-electron chi connectivity index (χ4n) is 4.56. The third-order valence-corrected chi connectivity index (χ3v) is 8.22. The molecule has 34 heavy (non-hydrogen) atoms. The van der Waals surface area contributed by atoms with Gasteiger partial charge in [-0.3, -0.25) is 9.59 Å². The number of H-pyrrole nitrogens is 1. The number of carbonyl (C=O) groups is 1. The molecule has 0 amide bonds. The summed E-state index contributed by atoms with van der Waals surface area (Å²) < 4.78 is 28.2. The van der Waals surface area contributed by atoms with Crippen LogP contribution in [-0.2, 0) is 14.6 Å². The number of benzene rings is 2. The van der Waals surface area contributed by atoms with Crippen molar-refractivity contribution >= 4 is 38.0 Å². The SMILES string of the molecule is Cc1ccc(S(=O)(=O)c2n[nH]n3c2nc(=O)c2ccc(N4CCC(C(=O)O)CC4)cc23)c(C)c1. The molecule has 0 aliphatic carbocycles. The number of carboxylic acids is 1. The molecule has 0 radical (unpaired) electrons. The molecule has 0 saturated carbocycles. The van der Waals surface area contributed by atoms with E-state index in [2.05, 4.69) is 20.2 Å². The van der Waals surface area contributed by atoms with Crippen molar-refractivity contribution in [3.63, 3.8) is 0 Å². The molecular weight excluding hydrogens is 458 g/mol. The van der Waals surface area contributed by atoms with E-state index in [1.54, 1.807) is 37.3 Å². The first-order chi connectivity index (χ1) is 16.2. The van der Waals surface area contributed by atoms with Gasteiger partial charge in [-0.15, -0.1) is 5.10 Å². The lowest BCUT2D eigenvalue weighted by Crippen LogP contribution is -2.36. The van der Waals surface area contributed by atoms with Gasteiger partial charge in [0.05, 0.1) is 21.7 Å². The van der Waals surface area contributed by atoms with E-state index >= 15 is 0 Å². The van der Waals surface area contributed by atoms with Crippen LogP contribution in [0.3, 0.4) is 0 Å². The molecule has 2 aromatic heterocycles. The van der Waals surface area contributed by atoms with Gasteiger partial charge < -0.3 is 10.0 Å². The van der Waals surface area contributed by atoms with Crippen LogP contribution in [0.1, 0.15) is 24.0 Å². The first kappa shape index (κ1) is 22.1. The van der Waals surface area contributed by atoms with Crippen LogP contribution >= 0.6 is 0 Å². The van der Waals surface area contributed by atoms with Gasteiger partial charge >= 0.3 is 5.97 Å². The molecule has 1 saturated heterocycles. The predicted octanol–water partition coefficient (Wildman–Crippen LogP) is 2.32. The van der Waals surface area contributed by atoms with Gasteiger partial charge in [0.1, 0.15) is 0 Å². The minimum absolute atomic E-state index is 0.0702. The normalized spacial score (nSPS) is 15.3. The molecule has 0 atom stereocenters. The Hall–Kier alpha value is -3.73. The maximum absolute atomic E-state index is 13.4. The molecule has 0 spiro atoms. The fourth-order valence-corrected chi connectivity index (χ4v) is 6.04. The number of rotatable bonds is 4. The van der Waals surface area contributed by atoms with Crippen LogP contribution in [0.25, 0.3) is 16.6 Å². The van der Waals surface area contributed by atoms with E-state index in [1.165, 1.54) is 10.6 Å². The molecule has 176 valence electrons. The average molecular weight is 482 g/mol. The van der Waals surface area contributed by atoms with Crippen molar-refractivity contribution in [1.29, 1.82) is 0 Å². The lowest BCUT2D eigenvalue weighted by molar-refractivity contribution is -0.142. The number of aryl methyl sites for hydroxylation is 2. The lowest BCUT2D eigenvalue weighted by atomic mass is 9.96. The fraction of sp³-hybridized carbons (Fsp3) is 0.304. The van der Waals surface area contributed by atoms with Crippen LogP contribution in [0.5, 0.6) is 0 Å². The van der Waals surface area contributed by atoms with Crippen LogP contribution in [0.2, 0.25) is 0 Å². The van der Waals surface area contributed by atoms with Crippen molar-refractivity contribution in [2.45, 2.75) is 36.6 Å². The Morgan fingerprint density at radius 2 is 1.85 bits per heavy atom. The number of aromatic nitrogens is 4. The zero-order valence-electron chi connectivity index (χ0n) is 18.6. The van der Waals surface area contributed by atoms with Gasteiger partial charge in [-0.1, -0.05) is 17.7 Å². The van der Waals surface area contributed by atoms with E-state index in [4.69, 9.17) is 0 Å². The molecule has 0 bridgehead atoms. The van der Waals surface area contributed by atoms with Crippen molar-refractivity contribution in [3.05, 3.63) is 57.9 Å². The summed E-state index contributed by atoms with van der Waals surface area (Å²) in [6.45, 7) is 4.73. The van der Waals surface area contributed by atoms with Gasteiger partial charge in [0.15, 0.2) is 5.65 Å². The molecule has 3 heterocycles. The number of anilines is 1. The summed E-state index contributed by atoms with van der Waals surface area (Å²) in [5.41, 5.74) is 2.15. The van der Waals surface area contributed by atoms with Crippen LogP contribution in [0, 0.1) is 19.8 Å². The number of fused-ring (bicyclic) bond motifs is 3. The maximum Gasteiger partial charge on any atom is 0.306 e. The molecular formula is C23H23N5O5S. The van der Waals surface area contributed by atoms with E-state index in [0.29, 0.717) is 42.4 Å². The number of piperidine rings is 1. The molecule has 1 fully saturated rings. The number of hydrogen-bond acceptors (Lipinski definition) is 7. The summed E-state index contributed by atoms with van der Waals surface area (Å²) in [5, 5.41) is 16.0. The Morgan fingerprint density at radius 1 is 1.12 bits per heavy atom. The van der Waals surface area contributed by atoms with Crippen molar-refractivity contribution in [3.8, 4) is 0 Å². The topological polar surface area (TPSA) is 138 Å². The summed E-state index contributed by atoms with van der Waals surface area (Å²) in [5.74, 6) is -1.15. The highest BCUT2D eigenvalue weighted by molar-refractivity contribution is 7.91. The number of carboxylic acid groups (broad SMARTS) is 1. The Balaban J connectivity index is 1.62. The highest BCUT2D eigenvalue weighted by Gasteiger charge is 2.28. The lowest BCUT2D eigenvalue weighted by Gasteiger charge is -2.32. The zero-order chi connectivity index (χ0) is 24.2. The largest absolute Gasteiger partial charge is 0.481 e. The summed E-state index contributed by atoms with van der Waals surface area (Å²) in [7, 11) is -4.03. The second-order valence-electron chi connectivity index (χ2n) is 8.67. The Morgan fingerprint density at radius 3 is 2.53 bits per heavy atom. The summed E-state index contributed by atoms with van der Waals surface area (Å²) >= 11 is 0. The van der Waals surface area contributed by atoms with Crippen LogP contribution in [0.15, 0.2) is 51.1 Å². The van der Waals surface area contributed by atoms with Gasteiger partial charge in [-0.25, -0.2) is 18.1 Å². The quantitative estimate of drug-likeness (QED) is 0.453. The average Bonchev–Trinajstić information content (AvgIpc) is 3.23. The summed E-state index contributed by atoms with van der Waals surface area (Å²) in [6, 6.07) is 10.2. The van der Waals surface area contributed by atoms with Gasteiger partial charge in [-0.05, 0) is 56.5 Å². The van der Waals surface area contributed by atoms with Gasteiger partial charge in [0.2, 0.25) is 14.9 Å². The van der Waals surface area contributed by atoms with E-state index in [0.717, 1.165) is 11.3 Å². The van der Waals surface area contributed by atoms with Crippen molar-refractivity contribution < 1.29 is 18.3 Å². The van der Waals surface area contributed by atoms with Crippen molar-refractivity contribution in [2.24, 2.45) is 5.92 Å². The summed E-state index contributed by atoms with van der Waals surface area (Å²) in [6.07, 6.45) is 1.06. The number of aromatic amines is 1. The Kier molecular flexibility index (Phi) is 5.16. The van der Waals surface area contributed by atoms with Crippen LogP contribution in [0.4, 0.5) is 5.69 Å². The molecule has 2 aromatic carbocycles. The van der Waals surface area contributed by atoms with Crippen molar-refractivity contribution in [2.75, 3.05) is 18.0 Å². The third-order valence-electron chi connectivity index (χ3n) is 6.40. The van der Waals surface area contributed by atoms with E-state index < -0.39 is 21.4 Å². The minimum atomic E-state index is -4.03. The van der Waals surface area contributed by atoms with E-state index in [9.17, 15) is 23.1 Å². The van der Waals surface area contributed by atoms with Crippen LogP contribution < -0.4 is 10.5 Å². The van der Waals surface area contributed by atoms with E-state index in [1.807, 2.05) is 6.92 Å². The molecule has 0 unspecified atom stereocenters. The highest BCUT2D eigenvalue weighted by Crippen LogP contribution is 2.29. The number of aliphatic carboxylic acids is 1. The molecule has 11 heteroatoms. The Bertz CT molecular complexity index is 1610. The number of nitrogens with zero attached hydrogens (tertiary/aromatic N) is 4. The maximum atomic E-state index is 13.4. The number of hydrogen-bond donors (Lipinski definition) is 2. The highest BCUT2D eigenvalue weighted by atomic mass is 32.2. The Labute approximate surface area is 194 Å². The van der Waals surface area contributed by atoms with E-state index in [-0.39, 0.29) is 21.5 Å². The first-order valence-electron chi connectivity index (χ1n) is 10.9. The van der Waals surface area contributed by atoms with Crippen molar-refractivity contribution in [1.82, 2.24) is 19.8 Å². The van der Waals surface area contributed by atoms with Crippen LogP contribution in [-0.4, -0.2) is 52.4 Å². The van der Waals surface area contributed by atoms with Gasteiger partial charge in [-0.2, -0.15) is 4.98 Å². The molecule has 10 nitrogen and oxygen atoms in total. The van der Waals surface area contributed by atoms with Gasteiger partial charge in [0.25, 0.3) is 5.56 Å². The second-order valence-corrected chi connectivity index (χ2v) is 10.5. The zero-order valence-corrected chi connectivity index (χ0v) is 19.5. The standard InChI is InChI=1S/C23H23N5O5S/c1-13-3-6-19(14(2)11-13)34(32,33)22-20-24-21(29)17-5-4-16(12-18(17)28(20)26-25-22)27-9-7-15(8-10-27)23(30)31/h3-6,11-12,15,26H,7-10H2,1-2H3,(H,30,31). The first-order valence-corrected chi connectivity index (χ1v) is 12.4. The number of nitrogens with one attached hydrogen (secondary N) is 1. The third kappa shape index (κ3) is 3.52. The predicted molar refractivity (Wildman–Crippen MR) is 125 cm³/mol. The smallest absolute Gasteiger partial charge is 0.306 e. The minimum Gasteiger partial charge on any atom is -0.481 e. The summed E-state index contributed by atoms with van der Waals surface area (Å²) in [4.78, 5) is 30.2. The molecule has 1 aliphatic rings. The monoisotopic (exact) mass is 481 g/mol. The molecule has 5 rings (SSSR count). The second kappa shape index (κ2) is 7.94.